The molecular weight excluding hydrogens is 595 g/mol. The van der Waals surface area contributed by atoms with Crippen molar-refractivity contribution >= 4 is 54.3 Å². The fourth-order valence-corrected chi connectivity index (χ4v) is 7.50. The molecule has 2 aromatic heterocycles. The van der Waals surface area contributed by atoms with Crippen LogP contribution in [0.1, 0.15) is 0 Å². The number of furan rings is 1. The maximum absolute atomic E-state index is 6.84. The molecule has 228 valence electrons. The van der Waals surface area contributed by atoms with Crippen molar-refractivity contribution in [2.75, 3.05) is 0 Å². The van der Waals surface area contributed by atoms with Crippen LogP contribution >= 0.6 is 0 Å². The molecule has 0 N–H and O–H groups in total. The van der Waals surface area contributed by atoms with E-state index in [2.05, 4.69) is 164 Å². The van der Waals surface area contributed by atoms with Gasteiger partial charge in [-0.15, -0.1) is 0 Å². The molecule has 2 heteroatoms. The molecule has 0 unspecified atom stereocenters. The third-order valence-electron chi connectivity index (χ3n) is 9.82. The van der Waals surface area contributed by atoms with E-state index in [0.29, 0.717) is 0 Å². The van der Waals surface area contributed by atoms with Gasteiger partial charge in [-0.05, 0) is 79.3 Å². The van der Waals surface area contributed by atoms with Gasteiger partial charge in [0.1, 0.15) is 11.2 Å². The van der Waals surface area contributed by atoms with Crippen molar-refractivity contribution in [3.63, 3.8) is 0 Å². The van der Waals surface area contributed by atoms with Crippen LogP contribution in [-0.2, 0) is 0 Å². The summed E-state index contributed by atoms with van der Waals surface area (Å²) >= 11 is 0. The number of fused-ring (bicyclic) bond motifs is 7. The van der Waals surface area contributed by atoms with E-state index in [-0.39, 0.29) is 0 Å². The van der Waals surface area contributed by atoms with Crippen LogP contribution in [0.3, 0.4) is 0 Å². The summed E-state index contributed by atoms with van der Waals surface area (Å²) in [4.78, 5) is 5.14. The second kappa shape index (κ2) is 11.0. The van der Waals surface area contributed by atoms with E-state index < -0.39 is 0 Å². The lowest BCUT2D eigenvalue weighted by atomic mass is 9.89. The molecule has 49 heavy (non-hydrogen) atoms. The molecule has 8 aromatic carbocycles. The number of pyridine rings is 1. The van der Waals surface area contributed by atoms with E-state index in [4.69, 9.17) is 9.40 Å². The predicted octanol–water partition coefficient (Wildman–Crippen LogP) is 13.1. The van der Waals surface area contributed by atoms with Crippen molar-refractivity contribution in [2.45, 2.75) is 0 Å². The average molecular weight is 624 g/mol. The van der Waals surface area contributed by atoms with Crippen LogP contribution in [0.2, 0.25) is 0 Å². The van der Waals surface area contributed by atoms with Crippen molar-refractivity contribution in [1.82, 2.24) is 4.98 Å². The summed E-state index contributed by atoms with van der Waals surface area (Å²) in [5, 5.41) is 9.47. The first-order valence-corrected chi connectivity index (χ1v) is 16.7. The number of benzene rings is 8. The molecule has 0 bridgehead atoms. The predicted molar refractivity (Wildman–Crippen MR) is 206 cm³/mol. The maximum atomic E-state index is 6.84. The van der Waals surface area contributed by atoms with E-state index >= 15 is 0 Å². The minimum absolute atomic E-state index is 0.908. The average Bonchev–Trinajstić information content (AvgIpc) is 3.55. The van der Waals surface area contributed by atoms with Crippen molar-refractivity contribution in [2.24, 2.45) is 0 Å². The molecule has 10 rings (SSSR count). The molecule has 0 saturated carbocycles. The molecule has 2 nitrogen and oxygen atoms in total. The Kier molecular flexibility index (Phi) is 6.22. The Hall–Kier alpha value is -6.51. The Balaban J connectivity index is 1.24. The highest BCUT2D eigenvalue weighted by Crippen LogP contribution is 2.45. The Bertz CT molecular complexity index is 2810. The van der Waals surface area contributed by atoms with E-state index in [9.17, 15) is 0 Å². The normalized spacial score (nSPS) is 11.7. The molecule has 0 fully saturated rings. The molecular formula is C47H29NO. The molecule has 0 atom stereocenters. The number of rotatable bonds is 4. The Morgan fingerprint density at radius 2 is 0.878 bits per heavy atom. The number of nitrogens with zero attached hydrogens (tertiary/aromatic N) is 1. The topological polar surface area (TPSA) is 26.0 Å². The standard InChI is InChI=1S/C47H29NO/c1-3-13-30(14-4-1)43-27-35(28-44(48-43)31-15-5-2-6-16-31)36-23-24-40(39-22-12-11-21-38(36)39)41-26-34-19-9-10-20-37(34)46-42-25-32-17-7-8-18-33(32)29-45(42)49-47(41)46/h1-29H. The molecule has 0 radical (unpaired) electrons. The smallest absolute Gasteiger partial charge is 0.143 e. The second-order valence-electron chi connectivity index (χ2n) is 12.7. The first-order valence-electron chi connectivity index (χ1n) is 16.7. The van der Waals surface area contributed by atoms with Crippen LogP contribution < -0.4 is 0 Å². The van der Waals surface area contributed by atoms with Crippen LogP contribution in [-0.4, -0.2) is 4.98 Å². The van der Waals surface area contributed by atoms with Gasteiger partial charge in [0.25, 0.3) is 0 Å². The van der Waals surface area contributed by atoms with Gasteiger partial charge in [-0.2, -0.15) is 0 Å². The quantitative estimate of drug-likeness (QED) is 0.195. The van der Waals surface area contributed by atoms with E-state index in [1.807, 2.05) is 12.1 Å². The summed E-state index contributed by atoms with van der Waals surface area (Å²) < 4.78 is 6.84. The lowest BCUT2D eigenvalue weighted by molar-refractivity contribution is 0.671. The monoisotopic (exact) mass is 623 g/mol. The third kappa shape index (κ3) is 4.53. The molecule has 0 spiro atoms. The van der Waals surface area contributed by atoms with Crippen LogP contribution in [0, 0.1) is 0 Å². The van der Waals surface area contributed by atoms with Gasteiger partial charge in [-0.1, -0.05) is 146 Å². The summed E-state index contributed by atoms with van der Waals surface area (Å²) in [5.74, 6) is 0. The van der Waals surface area contributed by atoms with Gasteiger partial charge < -0.3 is 4.42 Å². The van der Waals surface area contributed by atoms with Gasteiger partial charge in [-0.3, -0.25) is 0 Å². The zero-order chi connectivity index (χ0) is 32.3. The molecule has 0 aliphatic rings. The van der Waals surface area contributed by atoms with Crippen LogP contribution in [0.15, 0.2) is 180 Å². The van der Waals surface area contributed by atoms with E-state index in [1.54, 1.807) is 0 Å². The summed E-state index contributed by atoms with van der Waals surface area (Å²) in [6, 6.07) is 62.6. The molecule has 0 aliphatic heterocycles. The van der Waals surface area contributed by atoms with Gasteiger partial charge in [0, 0.05) is 27.5 Å². The molecule has 0 aliphatic carbocycles. The lowest BCUT2D eigenvalue weighted by Gasteiger charge is -2.15. The van der Waals surface area contributed by atoms with Gasteiger partial charge in [0.05, 0.1) is 11.4 Å². The lowest BCUT2D eigenvalue weighted by Crippen LogP contribution is -1.92. The molecule has 0 amide bonds. The fourth-order valence-electron chi connectivity index (χ4n) is 7.50. The van der Waals surface area contributed by atoms with Crippen molar-refractivity contribution in [3.05, 3.63) is 176 Å². The summed E-state index contributed by atoms with van der Waals surface area (Å²) in [7, 11) is 0. The summed E-state index contributed by atoms with van der Waals surface area (Å²) in [5.41, 5.74) is 10.5. The van der Waals surface area contributed by atoms with Crippen LogP contribution in [0.4, 0.5) is 0 Å². The summed E-state index contributed by atoms with van der Waals surface area (Å²) in [6.45, 7) is 0. The van der Waals surface area contributed by atoms with Gasteiger partial charge >= 0.3 is 0 Å². The van der Waals surface area contributed by atoms with Crippen LogP contribution in [0.5, 0.6) is 0 Å². The highest BCUT2D eigenvalue weighted by Gasteiger charge is 2.20. The highest BCUT2D eigenvalue weighted by atomic mass is 16.3. The van der Waals surface area contributed by atoms with Crippen LogP contribution in [0.25, 0.3) is 99.0 Å². The first kappa shape index (κ1) is 27.6. The number of hydrogen-bond donors (Lipinski definition) is 0. The Morgan fingerprint density at radius 1 is 0.347 bits per heavy atom. The maximum Gasteiger partial charge on any atom is 0.143 e. The van der Waals surface area contributed by atoms with Gasteiger partial charge in [0.2, 0.25) is 0 Å². The van der Waals surface area contributed by atoms with Crippen molar-refractivity contribution in [3.8, 4) is 44.8 Å². The molecule has 0 saturated heterocycles. The third-order valence-corrected chi connectivity index (χ3v) is 9.82. The fraction of sp³-hybridized carbons (Fsp3) is 0. The zero-order valence-electron chi connectivity index (χ0n) is 26.6. The zero-order valence-corrected chi connectivity index (χ0v) is 26.6. The largest absolute Gasteiger partial charge is 0.455 e. The first-order chi connectivity index (χ1) is 24.3. The van der Waals surface area contributed by atoms with Crippen molar-refractivity contribution < 1.29 is 4.42 Å². The molecule has 2 heterocycles. The van der Waals surface area contributed by atoms with Gasteiger partial charge in [-0.25, -0.2) is 4.98 Å². The minimum atomic E-state index is 0.908. The highest BCUT2D eigenvalue weighted by molar-refractivity contribution is 6.25. The minimum Gasteiger partial charge on any atom is -0.455 e. The number of hydrogen-bond acceptors (Lipinski definition) is 2. The molecule has 10 aromatic rings. The summed E-state index contributed by atoms with van der Waals surface area (Å²) in [6.07, 6.45) is 0. The van der Waals surface area contributed by atoms with E-state index in [0.717, 1.165) is 61.1 Å². The SMILES string of the molecule is c1ccc(-c2cc(-c3ccc(-c4cc5ccccc5c5c4oc4cc6ccccc6cc45)c4ccccc34)cc(-c3ccccc3)n2)cc1. The van der Waals surface area contributed by atoms with Gasteiger partial charge in [0.15, 0.2) is 0 Å². The number of aromatic nitrogens is 1. The second-order valence-corrected chi connectivity index (χ2v) is 12.7. The Morgan fingerprint density at radius 3 is 1.55 bits per heavy atom. The Labute approximate surface area is 283 Å². The van der Waals surface area contributed by atoms with E-state index in [1.165, 1.54) is 37.9 Å². The van der Waals surface area contributed by atoms with Crippen molar-refractivity contribution in [1.29, 1.82) is 0 Å².